The minimum Gasteiger partial charge on any atom is -0.310 e. The van der Waals surface area contributed by atoms with Gasteiger partial charge in [-0.25, -0.2) is 0 Å². The van der Waals surface area contributed by atoms with E-state index < -0.39 is 0 Å². The number of aromatic nitrogens is 2. The molecule has 0 spiro atoms. The number of allylic oxidation sites excluding steroid dienone is 4. The molecule has 0 aliphatic heterocycles. The fourth-order valence-corrected chi connectivity index (χ4v) is 8.74. The van der Waals surface area contributed by atoms with Gasteiger partial charge in [-0.1, -0.05) is 105 Å². The van der Waals surface area contributed by atoms with Crippen LogP contribution in [-0.2, 0) is 5.41 Å². The van der Waals surface area contributed by atoms with Crippen LogP contribution in [0.5, 0.6) is 0 Å². The summed E-state index contributed by atoms with van der Waals surface area (Å²) in [4.78, 5) is 6.81. The maximum atomic E-state index is 4.41. The summed E-state index contributed by atoms with van der Waals surface area (Å²) < 4.78 is 2.37. The molecule has 2 aromatic heterocycles. The molecule has 0 radical (unpaired) electrons. The van der Waals surface area contributed by atoms with Gasteiger partial charge in [-0.05, 0) is 125 Å². The summed E-state index contributed by atoms with van der Waals surface area (Å²) >= 11 is 0. The topological polar surface area (TPSA) is 21.1 Å². The van der Waals surface area contributed by atoms with Gasteiger partial charge >= 0.3 is 0 Å². The highest BCUT2D eigenvalue weighted by molar-refractivity contribution is 6.10. The summed E-state index contributed by atoms with van der Waals surface area (Å²) in [7, 11) is 0. The van der Waals surface area contributed by atoms with Gasteiger partial charge in [0.05, 0.1) is 11.0 Å². The van der Waals surface area contributed by atoms with E-state index in [0.29, 0.717) is 0 Å². The van der Waals surface area contributed by atoms with Crippen LogP contribution in [0, 0.1) is 0 Å². The Hall–Kier alpha value is -6.45. The van der Waals surface area contributed by atoms with Crippen LogP contribution in [0.2, 0.25) is 0 Å². The van der Waals surface area contributed by atoms with Crippen LogP contribution in [0.25, 0.3) is 55.3 Å². The second kappa shape index (κ2) is 12.4. The number of fused-ring (bicyclic) bond motifs is 5. The van der Waals surface area contributed by atoms with Crippen molar-refractivity contribution >= 4 is 44.4 Å². The Balaban J connectivity index is 1.08. The lowest BCUT2D eigenvalue weighted by Crippen LogP contribution is -2.18. The molecule has 3 heteroatoms. The van der Waals surface area contributed by atoms with Gasteiger partial charge in [-0.2, -0.15) is 0 Å². The highest BCUT2D eigenvalue weighted by Crippen LogP contribution is 2.51. The number of para-hydroxylation sites is 2. The van der Waals surface area contributed by atoms with E-state index in [2.05, 4.69) is 186 Å². The average Bonchev–Trinajstić information content (AvgIpc) is 3.67. The fourth-order valence-electron chi connectivity index (χ4n) is 8.74. The van der Waals surface area contributed by atoms with Gasteiger partial charge in [0.2, 0.25) is 0 Å². The Bertz CT molecular complexity index is 2730. The van der Waals surface area contributed by atoms with Crippen molar-refractivity contribution in [2.45, 2.75) is 32.1 Å². The molecule has 0 amide bonds. The number of hydrogen-bond donors (Lipinski definition) is 0. The van der Waals surface area contributed by atoms with E-state index in [1.165, 1.54) is 60.9 Å². The van der Waals surface area contributed by atoms with Crippen LogP contribution in [0.4, 0.5) is 17.1 Å². The van der Waals surface area contributed by atoms with E-state index in [9.17, 15) is 0 Å². The average molecular weight is 682 g/mol. The number of benzene rings is 6. The highest BCUT2D eigenvalue weighted by Gasteiger charge is 2.37. The minimum atomic E-state index is -0.0487. The molecule has 0 saturated heterocycles. The maximum Gasteiger partial charge on any atom is 0.0541 e. The van der Waals surface area contributed by atoms with Gasteiger partial charge < -0.3 is 9.47 Å². The molecule has 6 aromatic carbocycles. The van der Waals surface area contributed by atoms with Crippen molar-refractivity contribution in [3.05, 3.63) is 193 Å². The Morgan fingerprint density at radius 1 is 0.585 bits per heavy atom. The summed E-state index contributed by atoms with van der Waals surface area (Å²) in [6.45, 7) is 4.76. The van der Waals surface area contributed by atoms with Crippen molar-refractivity contribution < 1.29 is 0 Å². The lowest BCUT2D eigenvalue weighted by molar-refractivity contribution is 0.651. The molecule has 2 aliphatic carbocycles. The Labute approximate surface area is 310 Å². The van der Waals surface area contributed by atoms with Crippen molar-refractivity contribution in [3.63, 3.8) is 0 Å². The maximum absolute atomic E-state index is 4.41. The zero-order chi connectivity index (χ0) is 35.5. The predicted molar refractivity (Wildman–Crippen MR) is 222 cm³/mol. The molecule has 254 valence electrons. The van der Waals surface area contributed by atoms with Crippen LogP contribution in [-0.4, -0.2) is 9.55 Å². The summed E-state index contributed by atoms with van der Waals surface area (Å²) in [5.74, 6) is 0. The molecular formula is C50H39N3. The first-order chi connectivity index (χ1) is 26.0. The van der Waals surface area contributed by atoms with Crippen LogP contribution < -0.4 is 4.90 Å². The molecule has 53 heavy (non-hydrogen) atoms. The predicted octanol–water partition coefficient (Wildman–Crippen LogP) is 13.4. The van der Waals surface area contributed by atoms with Crippen molar-refractivity contribution in [1.29, 1.82) is 0 Å². The fraction of sp³-hybridized carbons (Fsp3) is 0.100. The zero-order valence-electron chi connectivity index (χ0n) is 30.0. The lowest BCUT2D eigenvalue weighted by Gasteiger charge is -2.29. The number of rotatable bonds is 6. The lowest BCUT2D eigenvalue weighted by atomic mass is 9.80. The second-order valence-electron chi connectivity index (χ2n) is 14.8. The molecule has 0 unspecified atom stereocenters. The third kappa shape index (κ3) is 5.15. The van der Waals surface area contributed by atoms with Crippen molar-refractivity contribution in [2.24, 2.45) is 0 Å². The van der Waals surface area contributed by atoms with Crippen molar-refractivity contribution in [3.8, 4) is 27.9 Å². The third-order valence-electron chi connectivity index (χ3n) is 11.3. The number of nitrogens with zero attached hydrogens (tertiary/aromatic N) is 3. The molecule has 10 rings (SSSR count). The SMILES string of the molecule is CC1(C)C2=C(CCC=C2)c2ccc(N(c3ccc(-c4ccc5c(c4)c4ccccc4n5-c4ccccc4)cc3)c3cccc(-c4cccnc4)c3)cc21. The molecule has 0 atom stereocenters. The first kappa shape index (κ1) is 31.3. The normalized spacial score (nSPS) is 14.5. The number of pyridine rings is 1. The standard InChI is InChI=1S/C50H39N3/c1-50(2)46-19-8-6-17-42(46)43-27-26-41(32-47(43)50)52(40-16-10-12-35(30-40)37-13-11-29-51-33-37)39-24-21-34(22-25-39)36-23-28-49-45(31-36)44-18-7-9-20-48(44)53(49)38-14-4-3-5-15-38/h3-5,7-16,18-33H,6,17H2,1-2H3. The summed E-state index contributed by atoms with van der Waals surface area (Å²) in [6.07, 6.45) is 10.7. The van der Waals surface area contributed by atoms with E-state index in [0.717, 1.165) is 41.0 Å². The molecule has 0 bridgehead atoms. The smallest absolute Gasteiger partial charge is 0.0541 e. The summed E-state index contributed by atoms with van der Waals surface area (Å²) in [5.41, 5.74) is 17.4. The van der Waals surface area contributed by atoms with E-state index >= 15 is 0 Å². The molecule has 8 aromatic rings. The van der Waals surface area contributed by atoms with Crippen molar-refractivity contribution in [1.82, 2.24) is 9.55 Å². The monoisotopic (exact) mass is 681 g/mol. The summed E-state index contributed by atoms with van der Waals surface area (Å²) in [6, 6.07) is 55.4. The molecule has 2 aliphatic rings. The quantitative estimate of drug-likeness (QED) is 0.174. The highest BCUT2D eigenvalue weighted by atomic mass is 15.1. The molecule has 2 heterocycles. The Morgan fingerprint density at radius 3 is 2.17 bits per heavy atom. The van der Waals surface area contributed by atoms with Crippen molar-refractivity contribution in [2.75, 3.05) is 4.90 Å². The summed E-state index contributed by atoms with van der Waals surface area (Å²) in [5, 5.41) is 2.52. The Kier molecular flexibility index (Phi) is 7.29. The van der Waals surface area contributed by atoms with Crippen LogP contribution in [0.1, 0.15) is 37.8 Å². The van der Waals surface area contributed by atoms with Gasteiger partial charge in [-0.3, -0.25) is 4.98 Å². The largest absolute Gasteiger partial charge is 0.310 e. The number of anilines is 3. The van der Waals surface area contributed by atoms with Gasteiger partial charge in [-0.15, -0.1) is 0 Å². The van der Waals surface area contributed by atoms with E-state index in [4.69, 9.17) is 0 Å². The van der Waals surface area contributed by atoms with Gasteiger partial charge in [0.25, 0.3) is 0 Å². The number of hydrogen-bond acceptors (Lipinski definition) is 2. The van der Waals surface area contributed by atoms with E-state index in [-0.39, 0.29) is 5.41 Å². The Morgan fingerprint density at radius 2 is 1.32 bits per heavy atom. The van der Waals surface area contributed by atoms with Gasteiger partial charge in [0, 0.05) is 56.9 Å². The van der Waals surface area contributed by atoms with Crippen LogP contribution >= 0.6 is 0 Å². The zero-order valence-corrected chi connectivity index (χ0v) is 30.0. The minimum absolute atomic E-state index is 0.0487. The molecule has 0 N–H and O–H groups in total. The second-order valence-corrected chi connectivity index (χ2v) is 14.8. The van der Waals surface area contributed by atoms with E-state index in [1.807, 2.05) is 18.5 Å². The van der Waals surface area contributed by atoms with Crippen LogP contribution in [0.15, 0.2) is 182 Å². The molecule has 0 fully saturated rings. The van der Waals surface area contributed by atoms with E-state index in [1.54, 1.807) is 0 Å². The molecule has 3 nitrogen and oxygen atoms in total. The first-order valence-corrected chi connectivity index (χ1v) is 18.6. The van der Waals surface area contributed by atoms with Gasteiger partial charge in [0.15, 0.2) is 0 Å². The third-order valence-corrected chi connectivity index (χ3v) is 11.3. The molecular weight excluding hydrogens is 643 g/mol. The molecule has 0 saturated carbocycles. The van der Waals surface area contributed by atoms with Gasteiger partial charge in [0.1, 0.15) is 0 Å². The first-order valence-electron chi connectivity index (χ1n) is 18.6. The van der Waals surface area contributed by atoms with Crippen LogP contribution in [0.3, 0.4) is 0 Å².